The van der Waals surface area contributed by atoms with Crippen LogP contribution in [0.15, 0.2) is 23.0 Å². The third kappa shape index (κ3) is 3.31. The molecule has 2 bridgehead atoms. The summed E-state index contributed by atoms with van der Waals surface area (Å²) in [4.78, 5) is 27.2. The normalized spacial score (nSPS) is 26.0. The van der Waals surface area contributed by atoms with Crippen LogP contribution in [0, 0.1) is 5.92 Å². The smallest absolute Gasteiger partial charge is 0.317 e. The number of pyridine rings is 1. The Balaban J connectivity index is 1.55. The SMILES string of the molecule is CC=Cc1ccc(=O)n2c1C1CC(CN(C(=O)NC3CCCCC3)C1)C2. The zero-order valence-corrected chi connectivity index (χ0v) is 15.6. The molecule has 1 aromatic heterocycles. The number of aromatic nitrogens is 1. The van der Waals surface area contributed by atoms with Gasteiger partial charge in [0.25, 0.3) is 5.56 Å². The molecule has 4 rings (SSSR count). The lowest BCUT2D eigenvalue weighted by Crippen LogP contribution is -2.53. The molecule has 5 nitrogen and oxygen atoms in total. The average Bonchev–Trinajstić information content (AvgIpc) is 2.65. The molecule has 0 aromatic carbocycles. The zero-order valence-electron chi connectivity index (χ0n) is 15.6. The molecular formula is C21H29N3O2. The summed E-state index contributed by atoms with van der Waals surface area (Å²) < 4.78 is 1.95. The van der Waals surface area contributed by atoms with Crippen LogP contribution in [-0.2, 0) is 6.54 Å². The monoisotopic (exact) mass is 355 g/mol. The van der Waals surface area contributed by atoms with E-state index in [2.05, 4.69) is 11.4 Å². The van der Waals surface area contributed by atoms with Crippen LogP contribution in [0.5, 0.6) is 0 Å². The van der Waals surface area contributed by atoms with Gasteiger partial charge in [-0.05, 0) is 43.7 Å². The van der Waals surface area contributed by atoms with Crippen molar-refractivity contribution in [1.29, 1.82) is 0 Å². The van der Waals surface area contributed by atoms with Crippen molar-refractivity contribution in [3.05, 3.63) is 39.8 Å². The first-order valence-corrected chi connectivity index (χ1v) is 10.1. The number of carbonyl (C=O) groups excluding carboxylic acids is 1. The maximum atomic E-state index is 12.8. The van der Waals surface area contributed by atoms with Crippen molar-refractivity contribution in [2.24, 2.45) is 5.92 Å². The molecule has 2 aliphatic heterocycles. The predicted octanol–water partition coefficient (Wildman–Crippen LogP) is 3.34. The maximum absolute atomic E-state index is 12.8. The summed E-state index contributed by atoms with van der Waals surface area (Å²) in [7, 11) is 0. The van der Waals surface area contributed by atoms with Crippen LogP contribution >= 0.6 is 0 Å². The molecule has 1 N–H and O–H groups in total. The lowest BCUT2D eigenvalue weighted by molar-refractivity contribution is 0.127. The van der Waals surface area contributed by atoms with E-state index in [1.165, 1.54) is 19.3 Å². The number of fused-ring (bicyclic) bond motifs is 4. The molecule has 2 atom stereocenters. The van der Waals surface area contributed by atoms with Gasteiger partial charge in [-0.25, -0.2) is 4.79 Å². The highest BCUT2D eigenvalue weighted by Gasteiger charge is 2.37. The standard InChI is InChI=1S/C21H29N3O2/c1-2-6-16-9-10-19(25)24-13-15-11-17(20(16)24)14-23(12-15)21(26)22-18-7-4-3-5-8-18/h2,6,9-10,15,17-18H,3-5,7-8,11-14H2,1H3,(H,22,26). The van der Waals surface area contributed by atoms with Crippen molar-refractivity contribution in [3.63, 3.8) is 0 Å². The fourth-order valence-electron chi connectivity index (χ4n) is 5.05. The minimum Gasteiger partial charge on any atom is -0.335 e. The second kappa shape index (κ2) is 7.29. The van der Waals surface area contributed by atoms with Crippen LogP contribution in [0.3, 0.4) is 0 Å². The number of hydrogen-bond acceptors (Lipinski definition) is 2. The van der Waals surface area contributed by atoms with E-state index in [0.717, 1.165) is 43.6 Å². The maximum Gasteiger partial charge on any atom is 0.317 e. The van der Waals surface area contributed by atoms with Gasteiger partial charge >= 0.3 is 6.03 Å². The summed E-state index contributed by atoms with van der Waals surface area (Å²) in [6, 6.07) is 4.03. The summed E-state index contributed by atoms with van der Waals surface area (Å²) >= 11 is 0. The summed E-state index contributed by atoms with van der Waals surface area (Å²) in [5.74, 6) is 0.622. The minimum atomic E-state index is 0.0862. The number of nitrogens with zero attached hydrogens (tertiary/aromatic N) is 2. The van der Waals surface area contributed by atoms with E-state index >= 15 is 0 Å². The summed E-state index contributed by atoms with van der Waals surface area (Å²) in [5.41, 5.74) is 2.31. The predicted molar refractivity (Wildman–Crippen MR) is 103 cm³/mol. The number of nitrogens with one attached hydrogen (secondary N) is 1. The van der Waals surface area contributed by atoms with Gasteiger partial charge in [0, 0.05) is 43.4 Å². The molecular weight excluding hydrogens is 326 g/mol. The largest absolute Gasteiger partial charge is 0.335 e. The Labute approximate surface area is 155 Å². The molecule has 3 heterocycles. The van der Waals surface area contributed by atoms with E-state index in [9.17, 15) is 9.59 Å². The van der Waals surface area contributed by atoms with Crippen LogP contribution < -0.4 is 10.9 Å². The van der Waals surface area contributed by atoms with E-state index in [1.54, 1.807) is 6.07 Å². The lowest BCUT2D eigenvalue weighted by atomic mass is 9.81. The first kappa shape index (κ1) is 17.4. The Morgan fingerprint density at radius 1 is 1.15 bits per heavy atom. The zero-order chi connectivity index (χ0) is 18.1. The average molecular weight is 355 g/mol. The third-order valence-corrected chi connectivity index (χ3v) is 6.19. The molecule has 1 saturated heterocycles. The number of likely N-dealkylation sites (tertiary alicyclic amines) is 1. The summed E-state index contributed by atoms with van der Waals surface area (Å²) in [5, 5.41) is 3.26. The van der Waals surface area contributed by atoms with Gasteiger partial charge in [-0.15, -0.1) is 0 Å². The summed E-state index contributed by atoms with van der Waals surface area (Å²) in [6.45, 7) is 4.19. The molecule has 26 heavy (non-hydrogen) atoms. The molecule has 5 heteroatoms. The fourth-order valence-corrected chi connectivity index (χ4v) is 5.05. The molecule has 3 aliphatic rings. The molecule has 1 aromatic rings. The van der Waals surface area contributed by atoms with Gasteiger partial charge in [0.05, 0.1) is 0 Å². The van der Waals surface area contributed by atoms with Crippen molar-refractivity contribution in [1.82, 2.24) is 14.8 Å². The van der Waals surface area contributed by atoms with Gasteiger partial charge < -0.3 is 14.8 Å². The van der Waals surface area contributed by atoms with Crippen LogP contribution in [0.2, 0.25) is 0 Å². The Hall–Kier alpha value is -2.04. The molecule has 2 unspecified atom stereocenters. The van der Waals surface area contributed by atoms with E-state index < -0.39 is 0 Å². The number of amides is 2. The first-order chi connectivity index (χ1) is 12.7. The molecule has 1 saturated carbocycles. The van der Waals surface area contributed by atoms with E-state index in [1.807, 2.05) is 28.5 Å². The Morgan fingerprint density at radius 3 is 2.73 bits per heavy atom. The van der Waals surface area contributed by atoms with Crippen LogP contribution in [0.4, 0.5) is 4.79 Å². The van der Waals surface area contributed by atoms with E-state index in [0.29, 0.717) is 18.5 Å². The number of hydrogen-bond donors (Lipinski definition) is 1. The van der Waals surface area contributed by atoms with E-state index in [-0.39, 0.29) is 17.5 Å². The van der Waals surface area contributed by atoms with Gasteiger partial charge in [-0.2, -0.15) is 0 Å². The van der Waals surface area contributed by atoms with Crippen molar-refractivity contribution in [2.45, 2.75) is 64.0 Å². The Bertz CT molecular complexity index is 761. The number of carbonyl (C=O) groups is 1. The quantitative estimate of drug-likeness (QED) is 0.884. The Kier molecular flexibility index (Phi) is 4.88. The molecule has 2 amide bonds. The van der Waals surface area contributed by atoms with Gasteiger partial charge in [0.15, 0.2) is 0 Å². The van der Waals surface area contributed by atoms with Crippen molar-refractivity contribution in [3.8, 4) is 0 Å². The van der Waals surface area contributed by atoms with Crippen molar-refractivity contribution in [2.75, 3.05) is 13.1 Å². The highest BCUT2D eigenvalue weighted by atomic mass is 16.2. The number of piperidine rings is 1. The van der Waals surface area contributed by atoms with Gasteiger partial charge in [0.2, 0.25) is 0 Å². The molecule has 1 aliphatic carbocycles. The second-order valence-corrected chi connectivity index (χ2v) is 8.11. The fraction of sp³-hybridized carbons (Fsp3) is 0.619. The number of rotatable bonds is 2. The summed E-state index contributed by atoms with van der Waals surface area (Å²) in [6.07, 6.45) is 11.1. The third-order valence-electron chi connectivity index (χ3n) is 6.19. The van der Waals surface area contributed by atoms with Crippen molar-refractivity contribution < 1.29 is 4.79 Å². The Morgan fingerprint density at radius 2 is 1.96 bits per heavy atom. The van der Waals surface area contributed by atoms with E-state index in [4.69, 9.17) is 0 Å². The highest BCUT2D eigenvalue weighted by Crippen LogP contribution is 2.37. The second-order valence-electron chi connectivity index (χ2n) is 8.11. The number of urea groups is 1. The van der Waals surface area contributed by atoms with Gasteiger partial charge in [-0.3, -0.25) is 4.79 Å². The first-order valence-electron chi connectivity index (χ1n) is 10.1. The van der Waals surface area contributed by atoms with Crippen LogP contribution in [0.1, 0.15) is 62.6 Å². The molecule has 140 valence electrons. The highest BCUT2D eigenvalue weighted by molar-refractivity contribution is 5.75. The van der Waals surface area contributed by atoms with Gasteiger partial charge in [0.1, 0.15) is 0 Å². The van der Waals surface area contributed by atoms with Crippen LogP contribution in [-0.4, -0.2) is 34.6 Å². The topological polar surface area (TPSA) is 54.3 Å². The number of allylic oxidation sites excluding steroid dienone is 1. The van der Waals surface area contributed by atoms with Crippen molar-refractivity contribution >= 4 is 12.1 Å². The molecule has 2 fully saturated rings. The molecule has 0 spiro atoms. The minimum absolute atomic E-state index is 0.0862. The lowest BCUT2D eigenvalue weighted by Gasteiger charge is -2.43. The van der Waals surface area contributed by atoms with Crippen LogP contribution in [0.25, 0.3) is 6.08 Å². The molecule has 0 radical (unpaired) electrons. The van der Waals surface area contributed by atoms with Gasteiger partial charge in [-0.1, -0.05) is 31.4 Å².